The van der Waals surface area contributed by atoms with Crippen molar-refractivity contribution >= 4 is 0 Å². The van der Waals surface area contributed by atoms with Gasteiger partial charge in [-0.05, 0) is 29.8 Å². The van der Waals surface area contributed by atoms with Gasteiger partial charge in [-0.3, -0.25) is 0 Å². The molecule has 4 heteroatoms. The van der Waals surface area contributed by atoms with E-state index in [1.54, 1.807) is 0 Å². The van der Waals surface area contributed by atoms with Crippen LogP contribution in [0.1, 0.15) is 5.56 Å². The number of aliphatic hydroxyl groups excluding tert-OH is 1. The first-order valence-electron chi connectivity index (χ1n) is 6.55. The molecule has 0 fully saturated rings. The first-order chi connectivity index (χ1) is 9.78. The second kappa shape index (κ2) is 7.53. The second-order valence-electron chi connectivity index (χ2n) is 4.44. The molecule has 20 heavy (non-hydrogen) atoms. The number of nitrogens with two attached hydrogens (primary N) is 1. The standard InChI is InChI=1S/C16H19NO3/c17-10-13-5-4-8-16(9-13)20-12-14(18)11-19-15-6-2-1-3-7-15/h1-9,14,18H,10-12,17H2. The summed E-state index contributed by atoms with van der Waals surface area (Å²) in [5.41, 5.74) is 6.56. The quantitative estimate of drug-likeness (QED) is 0.809. The van der Waals surface area contributed by atoms with E-state index in [0.29, 0.717) is 12.3 Å². The number of hydrogen-bond donors (Lipinski definition) is 2. The molecule has 0 aliphatic carbocycles. The highest BCUT2D eigenvalue weighted by molar-refractivity contribution is 5.28. The monoisotopic (exact) mass is 273 g/mol. The van der Waals surface area contributed by atoms with E-state index >= 15 is 0 Å². The van der Waals surface area contributed by atoms with Gasteiger partial charge >= 0.3 is 0 Å². The maximum atomic E-state index is 9.82. The third kappa shape index (κ3) is 4.57. The fourth-order valence-electron chi connectivity index (χ4n) is 1.71. The van der Waals surface area contributed by atoms with E-state index < -0.39 is 6.10 Å². The molecule has 0 saturated carbocycles. The molecule has 0 amide bonds. The molecule has 2 aromatic carbocycles. The van der Waals surface area contributed by atoms with Crippen molar-refractivity contribution in [2.75, 3.05) is 13.2 Å². The lowest BCUT2D eigenvalue weighted by atomic mass is 10.2. The van der Waals surface area contributed by atoms with Gasteiger partial charge in [0.1, 0.15) is 30.8 Å². The number of aliphatic hydroxyl groups is 1. The first kappa shape index (κ1) is 14.4. The molecular formula is C16H19NO3. The molecule has 0 aliphatic rings. The van der Waals surface area contributed by atoms with Gasteiger partial charge in [0.25, 0.3) is 0 Å². The van der Waals surface area contributed by atoms with E-state index in [2.05, 4.69) is 0 Å². The number of benzene rings is 2. The van der Waals surface area contributed by atoms with Crippen LogP contribution in [0.25, 0.3) is 0 Å². The molecule has 1 atom stereocenters. The Kier molecular flexibility index (Phi) is 5.41. The number of ether oxygens (including phenoxy) is 2. The Labute approximate surface area is 118 Å². The van der Waals surface area contributed by atoms with Crippen LogP contribution in [0.2, 0.25) is 0 Å². The van der Waals surface area contributed by atoms with E-state index in [1.807, 2.05) is 54.6 Å². The highest BCUT2D eigenvalue weighted by Crippen LogP contribution is 2.13. The minimum absolute atomic E-state index is 0.181. The van der Waals surface area contributed by atoms with E-state index in [0.717, 1.165) is 11.3 Å². The second-order valence-corrected chi connectivity index (χ2v) is 4.44. The summed E-state index contributed by atoms with van der Waals surface area (Å²) in [4.78, 5) is 0. The molecule has 1 unspecified atom stereocenters. The average molecular weight is 273 g/mol. The van der Waals surface area contributed by atoms with Crippen LogP contribution in [0.3, 0.4) is 0 Å². The van der Waals surface area contributed by atoms with Gasteiger partial charge in [0.05, 0.1) is 0 Å². The highest BCUT2D eigenvalue weighted by Gasteiger charge is 2.06. The molecule has 2 rings (SSSR count). The van der Waals surface area contributed by atoms with Gasteiger partial charge in [0, 0.05) is 6.54 Å². The van der Waals surface area contributed by atoms with E-state index in [4.69, 9.17) is 15.2 Å². The van der Waals surface area contributed by atoms with Gasteiger partial charge < -0.3 is 20.3 Å². The van der Waals surface area contributed by atoms with Gasteiger partial charge in [0.15, 0.2) is 0 Å². The van der Waals surface area contributed by atoms with Gasteiger partial charge in [-0.2, -0.15) is 0 Å². The molecular weight excluding hydrogens is 254 g/mol. The van der Waals surface area contributed by atoms with Crippen LogP contribution in [0, 0.1) is 0 Å². The third-order valence-electron chi connectivity index (χ3n) is 2.76. The Morgan fingerprint density at radius 1 is 0.900 bits per heavy atom. The van der Waals surface area contributed by atoms with E-state index in [1.165, 1.54) is 0 Å². The first-order valence-corrected chi connectivity index (χ1v) is 6.55. The summed E-state index contributed by atoms with van der Waals surface area (Å²) in [5, 5.41) is 9.82. The minimum Gasteiger partial charge on any atom is -0.491 e. The molecule has 0 heterocycles. The zero-order chi connectivity index (χ0) is 14.2. The largest absolute Gasteiger partial charge is 0.491 e. The summed E-state index contributed by atoms with van der Waals surface area (Å²) in [5.74, 6) is 1.43. The summed E-state index contributed by atoms with van der Waals surface area (Å²) in [6.07, 6.45) is -0.684. The number of rotatable bonds is 7. The van der Waals surface area contributed by atoms with Gasteiger partial charge in [0.2, 0.25) is 0 Å². The van der Waals surface area contributed by atoms with Crippen LogP contribution in [0.15, 0.2) is 54.6 Å². The minimum atomic E-state index is -0.684. The van der Waals surface area contributed by atoms with Crippen molar-refractivity contribution in [1.82, 2.24) is 0 Å². The zero-order valence-electron chi connectivity index (χ0n) is 11.2. The Bertz CT molecular complexity index is 516. The highest BCUT2D eigenvalue weighted by atomic mass is 16.5. The summed E-state index contributed by atoms with van der Waals surface area (Å²) >= 11 is 0. The average Bonchev–Trinajstić information content (AvgIpc) is 2.52. The summed E-state index contributed by atoms with van der Waals surface area (Å²) < 4.78 is 11.0. The van der Waals surface area contributed by atoms with Crippen molar-refractivity contribution < 1.29 is 14.6 Å². The fourth-order valence-corrected chi connectivity index (χ4v) is 1.71. The van der Waals surface area contributed by atoms with Crippen molar-refractivity contribution in [2.24, 2.45) is 5.73 Å². The number of hydrogen-bond acceptors (Lipinski definition) is 4. The topological polar surface area (TPSA) is 64.7 Å². The molecule has 0 saturated heterocycles. The molecule has 0 bridgehead atoms. The molecule has 4 nitrogen and oxygen atoms in total. The Morgan fingerprint density at radius 3 is 2.25 bits per heavy atom. The third-order valence-corrected chi connectivity index (χ3v) is 2.76. The summed E-state index contributed by atoms with van der Waals surface area (Å²) in [7, 11) is 0. The van der Waals surface area contributed by atoms with Gasteiger partial charge in [-0.15, -0.1) is 0 Å². The Hall–Kier alpha value is -2.04. The number of para-hydroxylation sites is 1. The zero-order valence-corrected chi connectivity index (χ0v) is 11.2. The van der Waals surface area contributed by atoms with Crippen LogP contribution in [-0.4, -0.2) is 24.4 Å². The van der Waals surface area contributed by atoms with Crippen LogP contribution in [0.4, 0.5) is 0 Å². The molecule has 106 valence electrons. The molecule has 3 N–H and O–H groups in total. The SMILES string of the molecule is NCc1cccc(OCC(O)COc2ccccc2)c1. The molecule has 0 radical (unpaired) electrons. The Balaban J connectivity index is 1.75. The predicted octanol–water partition coefficient (Wildman–Crippen LogP) is 1.96. The summed E-state index contributed by atoms with van der Waals surface area (Å²) in [6.45, 7) is 0.846. The van der Waals surface area contributed by atoms with Crippen LogP contribution >= 0.6 is 0 Å². The lowest BCUT2D eigenvalue weighted by Crippen LogP contribution is -2.25. The van der Waals surface area contributed by atoms with Crippen molar-refractivity contribution in [2.45, 2.75) is 12.6 Å². The maximum absolute atomic E-state index is 9.82. The van der Waals surface area contributed by atoms with Crippen LogP contribution in [-0.2, 0) is 6.54 Å². The van der Waals surface area contributed by atoms with Crippen LogP contribution in [0.5, 0.6) is 11.5 Å². The molecule has 0 aliphatic heterocycles. The van der Waals surface area contributed by atoms with Crippen molar-refractivity contribution in [3.8, 4) is 11.5 Å². The van der Waals surface area contributed by atoms with Gasteiger partial charge in [-0.25, -0.2) is 0 Å². The van der Waals surface area contributed by atoms with Gasteiger partial charge in [-0.1, -0.05) is 30.3 Å². The lowest BCUT2D eigenvalue weighted by molar-refractivity contribution is 0.0626. The Morgan fingerprint density at radius 2 is 1.55 bits per heavy atom. The lowest BCUT2D eigenvalue weighted by Gasteiger charge is -2.14. The fraction of sp³-hybridized carbons (Fsp3) is 0.250. The molecule has 0 spiro atoms. The molecule has 2 aromatic rings. The maximum Gasteiger partial charge on any atom is 0.122 e. The normalized spacial score (nSPS) is 11.9. The van der Waals surface area contributed by atoms with Crippen molar-refractivity contribution in [3.05, 3.63) is 60.2 Å². The summed E-state index contributed by atoms with van der Waals surface area (Å²) in [6, 6.07) is 16.9. The van der Waals surface area contributed by atoms with Crippen molar-refractivity contribution in [1.29, 1.82) is 0 Å². The predicted molar refractivity (Wildman–Crippen MR) is 77.8 cm³/mol. The van der Waals surface area contributed by atoms with E-state index in [9.17, 15) is 5.11 Å². The molecule has 0 aromatic heterocycles. The van der Waals surface area contributed by atoms with Crippen LogP contribution < -0.4 is 15.2 Å². The smallest absolute Gasteiger partial charge is 0.122 e. The van der Waals surface area contributed by atoms with E-state index in [-0.39, 0.29) is 13.2 Å². The van der Waals surface area contributed by atoms with Crippen molar-refractivity contribution in [3.63, 3.8) is 0 Å².